The molecule has 2 rings (SSSR count). The largest absolute Gasteiger partial charge is 0.491 e. The first-order valence-corrected chi connectivity index (χ1v) is 7.33. The van der Waals surface area contributed by atoms with Gasteiger partial charge in [-0.1, -0.05) is 13.0 Å². The second kappa shape index (κ2) is 7.87. The predicted octanol–water partition coefficient (Wildman–Crippen LogP) is 3.45. The first-order valence-electron chi connectivity index (χ1n) is 7.33. The number of nitrogens with zero attached hydrogens (tertiary/aromatic N) is 1. The molecule has 7 heteroatoms. The van der Waals surface area contributed by atoms with E-state index in [4.69, 9.17) is 4.74 Å². The Morgan fingerprint density at radius 3 is 2.75 bits per heavy atom. The first kappa shape index (κ1) is 17.1. The molecule has 1 amide bonds. The summed E-state index contributed by atoms with van der Waals surface area (Å²) in [5.41, 5.74) is 0.687. The van der Waals surface area contributed by atoms with Crippen LogP contribution in [0.4, 0.5) is 11.4 Å². The van der Waals surface area contributed by atoms with Gasteiger partial charge in [0.2, 0.25) is 0 Å². The molecule has 0 aliphatic rings. The molecule has 2 aromatic rings. The molecule has 0 aromatic heterocycles. The number of rotatable bonds is 7. The highest BCUT2D eigenvalue weighted by molar-refractivity contribution is 6.05. The van der Waals surface area contributed by atoms with E-state index in [9.17, 15) is 19.7 Å². The Bertz CT molecular complexity index is 773. The SMILES string of the molecule is CCCOc1ccc(C=O)cc1NC(=O)c1cccc([N+](=O)[O-])c1. The molecule has 0 spiro atoms. The second-order valence-electron chi connectivity index (χ2n) is 4.98. The zero-order valence-corrected chi connectivity index (χ0v) is 13.0. The zero-order chi connectivity index (χ0) is 17.5. The lowest BCUT2D eigenvalue weighted by atomic mass is 10.1. The number of hydrogen-bond donors (Lipinski definition) is 1. The maximum Gasteiger partial charge on any atom is 0.270 e. The summed E-state index contributed by atoms with van der Waals surface area (Å²) in [7, 11) is 0. The second-order valence-corrected chi connectivity index (χ2v) is 4.98. The van der Waals surface area contributed by atoms with Gasteiger partial charge in [0.1, 0.15) is 12.0 Å². The van der Waals surface area contributed by atoms with Crippen molar-refractivity contribution in [2.75, 3.05) is 11.9 Å². The van der Waals surface area contributed by atoms with Crippen molar-refractivity contribution in [3.8, 4) is 5.75 Å². The van der Waals surface area contributed by atoms with Gasteiger partial charge >= 0.3 is 0 Å². The minimum atomic E-state index is -0.570. The maximum absolute atomic E-state index is 12.3. The molecule has 1 N–H and O–H groups in total. The lowest BCUT2D eigenvalue weighted by Gasteiger charge is -2.12. The van der Waals surface area contributed by atoms with E-state index in [1.165, 1.54) is 30.3 Å². The summed E-state index contributed by atoms with van der Waals surface area (Å²) in [6.07, 6.45) is 1.44. The van der Waals surface area contributed by atoms with Crippen molar-refractivity contribution in [3.63, 3.8) is 0 Å². The highest BCUT2D eigenvalue weighted by Gasteiger charge is 2.14. The minimum absolute atomic E-state index is 0.141. The lowest BCUT2D eigenvalue weighted by Crippen LogP contribution is -2.13. The summed E-state index contributed by atoms with van der Waals surface area (Å²) < 4.78 is 5.55. The number of anilines is 1. The molecule has 0 radical (unpaired) electrons. The lowest BCUT2D eigenvalue weighted by molar-refractivity contribution is -0.384. The molecule has 7 nitrogen and oxygen atoms in total. The summed E-state index contributed by atoms with van der Waals surface area (Å²) in [6.45, 7) is 2.40. The van der Waals surface area contributed by atoms with E-state index in [0.29, 0.717) is 29.9 Å². The Morgan fingerprint density at radius 2 is 2.08 bits per heavy atom. The Labute approximate surface area is 138 Å². The predicted molar refractivity (Wildman–Crippen MR) is 88.7 cm³/mol. The highest BCUT2D eigenvalue weighted by atomic mass is 16.6. The summed E-state index contributed by atoms with van der Waals surface area (Å²) in [5, 5.41) is 13.4. The topological polar surface area (TPSA) is 98.5 Å². The first-order chi connectivity index (χ1) is 11.5. The molecule has 124 valence electrons. The van der Waals surface area contributed by atoms with Gasteiger partial charge in [-0.15, -0.1) is 0 Å². The van der Waals surface area contributed by atoms with Crippen molar-refractivity contribution in [3.05, 3.63) is 63.7 Å². The van der Waals surface area contributed by atoms with Crippen LogP contribution in [0.2, 0.25) is 0 Å². The van der Waals surface area contributed by atoms with Crippen LogP contribution in [0.15, 0.2) is 42.5 Å². The summed E-state index contributed by atoms with van der Waals surface area (Å²) >= 11 is 0. The van der Waals surface area contributed by atoms with E-state index < -0.39 is 10.8 Å². The van der Waals surface area contributed by atoms with Gasteiger partial charge in [-0.3, -0.25) is 19.7 Å². The monoisotopic (exact) mass is 328 g/mol. The Morgan fingerprint density at radius 1 is 1.29 bits per heavy atom. The van der Waals surface area contributed by atoms with Gasteiger partial charge in [0.15, 0.2) is 0 Å². The number of nitro groups is 1. The quantitative estimate of drug-likeness (QED) is 0.477. The molecular weight excluding hydrogens is 312 g/mol. The molecule has 0 bridgehead atoms. The Balaban J connectivity index is 2.28. The van der Waals surface area contributed by atoms with Crippen LogP contribution in [0.5, 0.6) is 5.75 Å². The fourth-order valence-electron chi connectivity index (χ4n) is 2.01. The summed E-state index contributed by atoms with van der Waals surface area (Å²) in [6, 6.07) is 10.1. The number of amides is 1. The third-order valence-electron chi connectivity index (χ3n) is 3.17. The number of ether oxygens (including phenoxy) is 1. The maximum atomic E-state index is 12.3. The molecule has 0 saturated carbocycles. The van der Waals surface area contributed by atoms with Crippen molar-refractivity contribution in [1.82, 2.24) is 0 Å². The van der Waals surface area contributed by atoms with Gasteiger partial charge in [-0.25, -0.2) is 0 Å². The van der Waals surface area contributed by atoms with E-state index in [0.717, 1.165) is 6.42 Å². The average molecular weight is 328 g/mol. The van der Waals surface area contributed by atoms with Crippen LogP contribution in [-0.4, -0.2) is 23.7 Å². The average Bonchev–Trinajstić information content (AvgIpc) is 2.60. The van der Waals surface area contributed by atoms with E-state index in [-0.39, 0.29) is 11.3 Å². The molecule has 0 aliphatic heterocycles. The van der Waals surface area contributed by atoms with Crippen molar-refractivity contribution < 1.29 is 19.2 Å². The number of carbonyl (C=O) groups excluding carboxylic acids is 2. The van der Waals surface area contributed by atoms with Gasteiger partial charge in [0, 0.05) is 23.3 Å². The van der Waals surface area contributed by atoms with Crippen molar-refractivity contribution in [2.24, 2.45) is 0 Å². The summed E-state index contributed by atoms with van der Waals surface area (Å²) in [4.78, 5) is 33.5. The van der Waals surface area contributed by atoms with Crippen LogP contribution in [-0.2, 0) is 0 Å². The van der Waals surface area contributed by atoms with Crippen LogP contribution in [0.25, 0.3) is 0 Å². The highest BCUT2D eigenvalue weighted by Crippen LogP contribution is 2.26. The van der Waals surface area contributed by atoms with E-state index in [1.807, 2.05) is 6.92 Å². The Kier molecular flexibility index (Phi) is 5.62. The Hall–Kier alpha value is -3.22. The van der Waals surface area contributed by atoms with Crippen LogP contribution >= 0.6 is 0 Å². The van der Waals surface area contributed by atoms with Crippen LogP contribution in [0.1, 0.15) is 34.1 Å². The van der Waals surface area contributed by atoms with Gasteiger partial charge in [0.05, 0.1) is 17.2 Å². The molecule has 0 heterocycles. The normalized spacial score (nSPS) is 10.0. The van der Waals surface area contributed by atoms with Gasteiger partial charge in [-0.05, 0) is 30.7 Å². The molecule has 0 saturated heterocycles. The fourth-order valence-corrected chi connectivity index (χ4v) is 2.01. The van der Waals surface area contributed by atoms with Gasteiger partial charge in [0.25, 0.3) is 11.6 Å². The van der Waals surface area contributed by atoms with E-state index in [1.54, 1.807) is 12.1 Å². The molecular formula is C17H16N2O5. The van der Waals surface area contributed by atoms with E-state index >= 15 is 0 Å². The minimum Gasteiger partial charge on any atom is -0.491 e. The molecule has 0 atom stereocenters. The van der Waals surface area contributed by atoms with Gasteiger partial charge in [-0.2, -0.15) is 0 Å². The number of benzene rings is 2. The van der Waals surface area contributed by atoms with Crippen LogP contribution < -0.4 is 10.1 Å². The smallest absolute Gasteiger partial charge is 0.270 e. The van der Waals surface area contributed by atoms with Crippen molar-refractivity contribution in [1.29, 1.82) is 0 Å². The number of aldehydes is 1. The van der Waals surface area contributed by atoms with E-state index in [2.05, 4.69) is 5.32 Å². The number of nitro benzene ring substituents is 1. The molecule has 0 fully saturated rings. The van der Waals surface area contributed by atoms with Crippen LogP contribution in [0, 0.1) is 10.1 Å². The molecule has 0 aliphatic carbocycles. The zero-order valence-electron chi connectivity index (χ0n) is 13.0. The third kappa shape index (κ3) is 4.16. The van der Waals surface area contributed by atoms with Crippen molar-refractivity contribution >= 4 is 23.6 Å². The number of hydrogen-bond acceptors (Lipinski definition) is 5. The standard InChI is InChI=1S/C17H16N2O5/c1-2-8-24-16-7-6-12(11-20)9-15(16)18-17(21)13-4-3-5-14(10-13)19(22)23/h3-7,9-11H,2,8H2,1H3,(H,18,21). The third-order valence-corrected chi connectivity index (χ3v) is 3.17. The number of non-ortho nitro benzene ring substituents is 1. The van der Waals surface area contributed by atoms with Crippen molar-refractivity contribution in [2.45, 2.75) is 13.3 Å². The molecule has 24 heavy (non-hydrogen) atoms. The number of carbonyl (C=O) groups is 2. The fraction of sp³-hybridized carbons (Fsp3) is 0.176. The van der Waals surface area contributed by atoms with Gasteiger partial charge < -0.3 is 10.1 Å². The van der Waals surface area contributed by atoms with Crippen LogP contribution in [0.3, 0.4) is 0 Å². The molecule has 0 unspecified atom stereocenters. The number of nitrogens with one attached hydrogen (secondary N) is 1. The molecule has 2 aromatic carbocycles. The summed E-state index contributed by atoms with van der Waals surface area (Å²) in [5.74, 6) is -0.0932.